The number of carbonyl (C=O) groups excluding carboxylic acids is 1. The van der Waals surface area contributed by atoms with Crippen molar-refractivity contribution < 1.29 is 9.18 Å². The molecular weight excluding hydrogens is 293 g/mol. The van der Waals surface area contributed by atoms with Gasteiger partial charge in [0.15, 0.2) is 0 Å². The van der Waals surface area contributed by atoms with Gasteiger partial charge in [0.1, 0.15) is 5.82 Å². The van der Waals surface area contributed by atoms with Crippen LogP contribution < -0.4 is 5.32 Å². The number of carbonyl (C=O) groups is 1. The molecule has 116 valence electrons. The Labute approximate surface area is 133 Å². The largest absolute Gasteiger partial charge is 0.345 e. The van der Waals surface area contributed by atoms with Gasteiger partial charge in [-0.25, -0.2) is 4.39 Å². The van der Waals surface area contributed by atoms with Gasteiger partial charge < -0.3 is 5.32 Å². The van der Waals surface area contributed by atoms with Crippen LogP contribution in [0, 0.1) is 5.82 Å². The summed E-state index contributed by atoms with van der Waals surface area (Å²) in [6.45, 7) is 1.92. The fourth-order valence-electron chi connectivity index (χ4n) is 2.39. The van der Waals surface area contributed by atoms with Crippen molar-refractivity contribution in [3.8, 4) is 11.3 Å². The fourth-order valence-corrected chi connectivity index (χ4v) is 2.39. The molecular formula is C18H16FN3O. The predicted molar refractivity (Wildman–Crippen MR) is 86.3 cm³/mol. The van der Waals surface area contributed by atoms with Crippen LogP contribution in [0.5, 0.6) is 0 Å². The van der Waals surface area contributed by atoms with Crippen molar-refractivity contribution in [2.75, 3.05) is 0 Å². The molecule has 23 heavy (non-hydrogen) atoms. The number of rotatable bonds is 4. The Kier molecular flexibility index (Phi) is 4.19. The van der Waals surface area contributed by atoms with Gasteiger partial charge in [-0.2, -0.15) is 5.10 Å². The molecule has 0 radical (unpaired) electrons. The quantitative estimate of drug-likeness (QED) is 0.772. The summed E-state index contributed by atoms with van der Waals surface area (Å²) in [7, 11) is 0. The summed E-state index contributed by atoms with van der Waals surface area (Å²) in [6, 6.07) is 15.5. The molecule has 0 unspecified atom stereocenters. The first-order valence-electron chi connectivity index (χ1n) is 7.30. The third-order valence-electron chi connectivity index (χ3n) is 3.66. The molecule has 0 aliphatic rings. The Morgan fingerprint density at radius 3 is 2.52 bits per heavy atom. The molecule has 2 aromatic carbocycles. The molecule has 4 nitrogen and oxygen atoms in total. The van der Waals surface area contributed by atoms with Crippen molar-refractivity contribution >= 4 is 5.91 Å². The Balaban J connectivity index is 1.81. The number of hydrogen-bond acceptors (Lipinski definition) is 2. The zero-order valence-electron chi connectivity index (χ0n) is 12.6. The number of hydrogen-bond donors (Lipinski definition) is 2. The van der Waals surface area contributed by atoms with E-state index in [1.807, 2.05) is 37.3 Å². The molecule has 0 aliphatic heterocycles. The van der Waals surface area contributed by atoms with E-state index in [9.17, 15) is 9.18 Å². The van der Waals surface area contributed by atoms with E-state index < -0.39 is 0 Å². The lowest BCUT2D eigenvalue weighted by Gasteiger charge is -2.14. The van der Waals surface area contributed by atoms with Crippen LogP contribution in [0.3, 0.4) is 0 Å². The van der Waals surface area contributed by atoms with Crippen LogP contribution in [0.1, 0.15) is 28.9 Å². The molecule has 1 aromatic heterocycles. The molecule has 0 aliphatic carbocycles. The maximum Gasteiger partial charge on any atom is 0.255 e. The predicted octanol–water partition coefficient (Wildman–Crippen LogP) is 3.71. The molecule has 0 saturated heterocycles. The summed E-state index contributed by atoms with van der Waals surface area (Å²) in [5.41, 5.74) is 2.73. The highest BCUT2D eigenvalue weighted by Gasteiger charge is 2.17. The van der Waals surface area contributed by atoms with Crippen molar-refractivity contribution in [2.45, 2.75) is 13.0 Å². The first-order valence-corrected chi connectivity index (χ1v) is 7.30. The summed E-state index contributed by atoms with van der Waals surface area (Å²) in [5, 5.41) is 9.69. The van der Waals surface area contributed by atoms with Crippen molar-refractivity contribution in [1.29, 1.82) is 0 Å². The van der Waals surface area contributed by atoms with Crippen LogP contribution in [0.4, 0.5) is 4.39 Å². The lowest BCUT2D eigenvalue weighted by atomic mass is 10.1. The van der Waals surface area contributed by atoms with Crippen molar-refractivity contribution in [1.82, 2.24) is 15.5 Å². The van der Waals surface area contributed by atoms with Gasteiger partial charge in [-0.15, -0.1) is 0 Å². The van der Waals surface area contributed by atoms with Gasteiger partial charge in [-0.05, 0) is 36.8 Å². The monoisotopic (exact) mass is 309 g/mol. The second-order valence-electron chi connectivity index (χ2n) is 5.27. The van der Waals surface area contributed by atoms with Gasteiger partial charge in [0.25, 0.3) is 5.91 Å². The zero-order chi connectivity index (χ0) is 16.2. The number of halogens is 1. The smallest absolute Gasteiger partial charge is 0.255 e. The lowest BCUT2D eigenvalue weighted by molar-refractivity contribution is 0.0940. The van der Waals surface area contributed by atoms with Crippen LogP contribution in [0.15, 0.2) is 60.8 Å². The molecule has 2 N–H and O–H groups in total. The number of nitrogens with one attached hydrogen (secondary N) is 2. The standard InChI is InChI=1S/C18H16FN3O/c1-12(13-5-3-2-4-6-13)21-18(23)16-11-20-22-17(16)14-7-9-15(19)10-8-14/h2-12H,1H3,(H,20,22)(H,21,23)/t12-/m1/s1. The van der Waals surface area contributed by atoms with Crippen LogP contribution in [-0.2, 0) is 0 Å². The average Bonchev–Trinajstić information content (AvgIpc) is 3.06. The summed E-state index contributed by atoms with van der Waals surface area (Å²) in [5.74, 6) is -0.550. The van der Waals surface area contributed by atoms with Gasteiger partial charge in [-0.1, -0.05) is 30.3 Å². The minimum atomic E-state index is -0.322. The molecule has 3 rings (SSSR count). The number of amides is 1. The van der Waals surface area contributed by atoms with E-state index in [1.165, 1.54) is 18.3 Å². The van der Waals surface area contributed by atoms with Crippen LogP contribution >= 0.6 is 0 Å². The van der Waals surface area contributed by atoms with Gasteiger partial charge in [-0.3, -0.25) is 9.89 Å². The Hall–Kier alpha value is -2.95. The SMILES string of the molecule is C[C@@H](NC(=O)c1cn[nH]c1-c1ccc(F)cc1)c1ccccc1. The molecule has 0 fully saturated rings. The number of benzene rings is 2. The fraction of sp³-hybridized carbons (Fsp3) is 0.111. The van der Waals surface area contributed by atoms with E-state index in [2.05, 4.69) is 15.5 Å². The Bertz CT molecular complexity index is 797. The first kappa shape index (κ1) is 15.0. The maximum absolute atomic E-state index is 13.0. The van der Waals surface area contributed by atoms with Gasteiger partial charge in [0.05, 0.1) is 23.5 Å². The van der Waals surface area contributed by atoms with Crippen LogP contribution in [-0.4, -0.2) is 16.1 Å². The minimum Gasteiger partial charge on any atom is -0.345 e. The summed E-state index contributed by atoms with van der Waals surface area (Å²) in [6.07, 6.45) is 1.48. The summed E-state index contributed by atoms with van der Waals surface area (Å²) >= 11 is 0. The second kappa shape index (κ2) is 6.44. The molecule has 0 bridgehead atoms. The molecule has 3 aromatic rings. The van der Waals surface area contributed by atoms with E-state index in [1.54, 1.807) is 12.1 Å². The van der Waals surface area contributed by atoms with Crippen LogP contribution in [0.2, 0.25) is 0 Å². The molecule has 1 heterocycles. The second-order valence-corrected chi connectivity index (χ2v) is 5.27. The highest BCUT2D eigenvalue weighted by molar-refractivity contribution is 5.99. The van der Waals surface area contributed by atoms with Crippen molar-refractivity contribution in [3.63, 3.8) is 0 Å². The number of nitrogens with zero attached hydrogens (tertiary/aromatic N) is 1. The third-order valence-corrected chi connectivity index (χ3v) is 3.66. The van der Waals surface area contributed by atoms with Crippen molar-refractivity contribution in [3.05, 3.63) is 77.7 Å². The molecule has 1 amide bonds. The normalized spacial score (nSPS) is 11.9. The van der Waals surface area contributed by atoms with E-state index >= 15 is 0 Å². The number of H-pyrrole nitrogens is 1. The van der Waals surface area contributed by atoms with E-state index in [4.69, 9.17) is 0 Å². The number of aromatic nitrogens is 2. The van der Waals surface area contributed by atoms with E-state index in [0.29, 0.717) is 16.8 Å². The third kappa shape index (κ3) is 3.29. The van der Waals surface area contributed by atoms with Gasteiger partial charge in [0.2, 0.25) is 0 Å². The highest BCUT2D eigenvalue weighted by atomic mass is 19.1. The Morgan fingerprint density at radius 2 is 1.83 bits per heavy atom. The highest BCUT2D eigenvalue weighted by Crippen LogP contribution is 2.22. The summed E-state index contributed by atoms with van der Waals surface area (Å²) < 4.78 is 13.0. The zero-order valence-corrected chi connectivity index (χ0v) is 12.6. The van der Waals surface area contributed by atoms with E-state index in [0.717, 1.165) is 5.56 Å². The number of aromatic amines is 1. The van der Waals surface area contributed by atoms with Gasteiger partial charge in [0, 0.05) is 5.56 Å². The molecule has 0 spiro atoms. The van der Waals surface area contributed by atoms with E-state index in [-0.39, 0.29) is 17.8 Å². The average molecular weight is 309 g/mol. The molecule has 0 saturated carbocycles. The van der Waals surface area contributed by atoms with Crippen LogP contribution in [0.25, 0.3) is 11.3 Å². The molecule has 5 heteroatoms. The summed E-state index contributed by atoms with van der Waals surface area (Å²) in [4.78, 5) is 12.5. The topological polar surface area (TPSA) is 57.8 Å². The van der Waals surface area contributed by atoms with Crippen molar-refractivity contribution in [2.24, 2.45) is 0 Å². The lowest BCUT2D eigenvalue weighted by Crippen LogP contribution is -2.26. The Morgan fingerprint density at radius 1 is 1.13 bits per heavy atom. The van der Waals surface area contributed by atoms with Gasteiger partial charge >= 0.3 is 0 Å². The first-order chi connectivity index (χ1) is 11.1. The molecule has 1 atom stereocenters. The minimum absolute atomic E-state index is 0.125. The maximum atomic E-state index is 13.0.